The van der Waals surface area contributed by atoms with Gasteiger partial charge < -0.3 is 20.4 Å². The highest BCUT2D eigenvalue weighted by Crippen LogP contribution is 2.26. The Morgan fingerprint density at radius 1 is 0.964 bits per heavy atom. The molecule has 3 rings (SSSR count). The van der Waals surface area contributed by atoms with Crippen molar-refractivity contribution in [1.29, 1.82) is 0 Å². The second kappa shape index (κ2) is 8.83. The van der Waals surface area contributed by atoms with Crippen LogP contribution in [0.5, 0.6) is 0 Å². The van der Waals surface area contributed by atoms with E-state index in [1.165, 1.54) is 11.3 Å². The molecule has 1 aromatic rings. The molecule has 2 aliphatic rings. The fraction of sp³-hybridized carbons (Fsp3) is 0.696. The zero-order valence-electron chi connectivity index (χ0n) is 18.2. The highest BCUT2D eigenvalue weighted by atomic mass is 16.2. The molecule has 2 saturated heterocycles. The third-order valence-corrected chi connectivity index (χ3v) is 6.58. The number of amides is 1. The van der Waals surface area contributed by atoms with Crippen LogP contribution >= 0.6 is 0 Å². The Kier molecular flexibility index (Phi) is 6.66. The van der Waals surface area contributed by atoms with E-state index in [1.54, 1.807) is 0 Å². The number of anilines is 1. The molecule has 28 heavy (non-hydrogen) atoms. The van der Waals surface area contributed by atoms with Crippen molar-refractivity contribution in [3.63, 3.8) is 0 Å². The monoisotopic (exact) mass is 386 g/mol. The number of rotatable bonds is 5. The summed E-state index contributed by atoms with van der Waals surface area (Å²) in [7, 11) is 0. The zero-order valence-corrected chi connectivity index (χ0v) is 18.2. The molecule has 0 spiro atoms. The van der Waals surface area contributed by atoms with Crippen LogP contribution in [-0.2, 0) is 4.79 Å². The lowest BCUT2D eigenvalue weighted by Crippen LogP contribution is -2.56. The Balaban J connectivity index is 1.48. The van der Waals surface area contributed by atoms with Crippen LogP contribution in [0.2, 0.25) is 0 Å². The average Bonchev–Trinajstić information content (AvgIpc) is 2.68. The minimum atomic E-state index is -0.327. The van der Waals surface area contributed by atoms with Crippen molar-refractivity contribution in [3.8, 4) is 0 Å². The maximum atomic E-state index is 12.9. The number of carbonyl (C=O) groups is 1. The lowest BCUT2D eigenvalue weighted by Gasteiger charge is -2.42. The summed E-state index contributed by atoms with van der Waals surface area (Å²) in [4.78, 5) is 19.7. The van der Waals surface area contributed by atoms with Gasteiger partial charge in [0.1, 0.15) is 0 Å². The molecular weight excluding hydrogens is 348 g/mol. The summed E-state index contributed by atoms with van der Waals surface area (Å²) in [6.45, 7) is 14.3. The van der Waals surface area contributed by atoms with Crippen molar-refractivity contribution in [2.75, 3.05) is 44.2 Å². The number of likely N-dealkylation sites (tertiary alicyclic amines) is 1. The number of benzene rings is 1. The van der Waals surface area contributed by atoms with Crippen molar-refractivity contribution >= 4 is 11.6 Å². The first kappa shape index (κ1) is 21.1. The van der Waals surface area contributed by atoms with Gasteiger partial charge in [-0.15, -0.1) is 0 Å². The van der Waals surface area contributed by atoms with Gasteiger partial charge in [0.25, 0.3) is 0 Å². The minimum Gasteiger partial charge on any atom is -0.368 e. The maximum absolute atomic E-state index is 12.9. The van der Waals surface area contributed by atoms with Gasteiger partial charge in [-0.1, -0.05) is 26.0 Å². The standard InChI is InChI=1S/C23H38N4O/c1-18(2)20-5-7-21(8-6-20)26-13-15-27(16-14-26)22(28)17-23(24)9-11-25(12-10-23)19(3)4/h5-8,18-19H,9-17,24H2,1-4H3. The topological polar surface area (TPSA) is 52.8 Å². The van der Waals surface area contributed by atoms with Gasteiger partial charge in [-0.25, -0.2) is 0 Å². The predicted molar refractivity (Wildman–Crippen MR) is 117 cm³/mol. The molecule has 1 amide bonds. The van der Waals surface area contributed by atoms with E-state index in [0.29, 0.717) is 18.4 Å². The van der Waals surface area contributed by atoms with Crippen molar-refractivity contribution < 1.29 is 4.79 Å². The van der Waals surface area contributed by atoms with E-state index in [0.717, 1.165) is 52.1 Å². The zero-order chi connectivity index (χ0) is 20.3. The number of hydrogen-bond donors (Lipinski definition) is 1. The first-order chi connectivity index (χ1) is 13.3. The molecule has 156 valence electrons. The second-order valence-electron chi connectivity index (χ2n) is 9.28. The summed E-state index contributed by atoms with van der Waals surface area (Å²) in [6.07, 6.45) is 2.32. The Morgan fingerprint density at radius 2 is 1.54 bits per heavy atom. The fourth-order valence-corrected chi connectivity index (χ4v) is 4.36. The third-order valence-electron chi connectivity index (χ3n) is 6.58. The van der Waals surface area contributed by atoms with Crippen molar-refractivity contribution in [2.24, 2.45) is 5.73 Å². The molecule has 2 aliphatic heterocycles. The van der Waals surface area contributed by atoms with E-state index in [2.05, 4.69) is 61.8 Å². The minimum absolute atomic E-state index is 0.232. The maximum Gasteiger partial charge on any atom is 0.224 e. The summed E-state index contributed by atoms with van der Waals surface area (Å²) in [6, 6.07) is 9.43. The van der Waals surface area contributed by atoms with E-state index in [1.807, 2.05) is 4.90 Å². The largest absolute Gasteiger partial charge is 0.368 e. The normalized spacial score (nSPS) is 20.8. The van der Waals surface area contributed by atoms with Crippen LogP contribution in [0.1, 0.15) is 58.4 Å². The predicted octanol–water partition coefficient (Wildman–Crippen LogP) is 3.05. The van der Waals surface area contributed by atoms with Gasteiger partial charge in [0.15, 0.2) is 0 Å². The molecular formula is C23H38N4O. The SMILES string of the molecule is CC(C)c1ccc(N2CCN(C(=O)CC3(N)CCN(C(C)C)CC3)CC2)cc1. The summed E-state index contributed by atoms with van der Waals surface area (Å²) in [5.74, 6) is 0.787. The number of carbonyl (C=O) groups excluding carboxylic acids is 1. The van der Waals surface area contributed by atoms with Crippen LogP contribution in [0.4, 0.5) is 5.69 Å². The molecule has 2 N–H and O–H groups in total. The van der Waals surface area contributed by atoms with Crippen LogP contribution in [-0.4, -0.2) is 66.6 Å². The van der Waals surface area contributed by atoms with Gasteiger partial charge >= 0.3 is 0 Å². The van der Waals surface area contributed by atoms with Gasteiger partial charge in [0.2, 0.25) is 5.91 Å². The van der Waals surface area contributed by atoms with Gasteiger partial charge in [-0.2, -0.15) is 0 Å². The lowest BCUT2D eigenvalue weighted by atomic mass is 9.84. The fourth-order valence-electron chi connectivity index (χ4n) is 4.36. The van der Waals surface area contributed by atoms with Gasteiger partial charge in [-0.3, -0.25) is 4.79 Å². The van der Waals surface area contributed by atoms with Gasteiger partial charge in [0, 0.05) is 63.0 Å². The molecule has 0 bridgehead atoms. The Labute approximate surface area is 170 Å². The molecule has 5 nitrogen and oxygen atoms in total. The van der Waals surface area contributed by atoms with Gasteiger partial charge in [-0.05, 0) is 50.3 Å². The Morgan fingerprint density at radius 3 is 2.04 bits per heavy atom. The second-order valence-corrected chi connectivity index (χ2v) is 9.28. The van der Waals surface area contributed by atoms with Crippen LogP contribution < -0.4 is 10.6 Å². The van der Waals surface area contributed by atoms with Crippen LogP contribution in [0, 0.1) is 0 Å². The van der Waals surface area contributed by atoms with Crippen LogP contribution in [0.3, 0.4) is 0 Å². The van der Waals surface area contributed by atoms with Crippen LogP contribution in [0.15, 0.2) is 24.3 Å². The number of piperazine rings is 1. The summed E-state index contributed by atoms with van der Waals surface area (Å²) < 4.78 is 0. The summed E-state index contributed by atoms with van der Waals surface area (Å²) in [5.41, 5.74) is 8.90. The van der Waals surface area contributed by atoms with Crippen LogP contribution in [0.25, 0.3) is 0 Å². The Bertz CT molecular complexity index is 639. The average molecular weight is 387 g/mol. The van der Waals surface area contributed by atoms with Gasteiger partial charge in [0.05, 0.1) is 0 Å². The van der Waals surface area contributed by atoms with Crippen molar-refractivity contribution in [3.05, 3.63) is 29.8 Å². The third kappa shape index (κ3) is 5.06. The quantitative estimate of drug-likeness (QED) is 0.845. The first-order valence-electron chi connectivity index (χ1n) is 10.9. The molecule has 0 unspecified atom stereocenters. The molecule has 0 saturated carbocycles. The molecule has 2 fully saturated rings. The van der Waals surface area contributed by atoms with E-state index < -0.39 is 0 Å². The van der Waals surface area contributed by atoms with E-state index in [4.69, 9.17) is 5.73 Å². The van der Waals surface area contributed by atoms with E-state index in [9.17, 15) is 4.79 Å². The molecule has 2 heterocycles. The molecule has 0 aliphatic carbocycles. The lowest BCUT2D eigenvalue weighted by molar-refractivity contribution is -0.133. The number of nitrogens with two attached hydrogens (primary N) is 1. The van der Waals surface area contributed by atoms with Crippen molar-refractivity contribution in [2.45, 2.75) is 64.5 Å². The summed E-state index contributed by atoms with van der Waals surface area (Å²) in [5, 5.41) is 0. The van der Waals surface area contributed by atoms with E-state index >= 15 is 0 Å². The number of hydrogen-bond acceptors (Lipinski definition) is 4. The van der Waals surface area contributed by atoms with Crippen molar-refractivity contribution in [1.82, 2.24) is 9.80 Å². The molecule has 0 radical (unpaired) electrons. The number of nitrogens with zero attached hydrogens (tertiary/aromatic N) is 3. The smallest absolute Gasteiger partial charge is 0.224 e. The Hall–Kier alpha value is -1.59. The highest BCUT2D eigenvalue weighted by molar-refractivity contribution is 5.78. The molecule has 0 aromatic heterocycles. The molecule has 1 aromatic carbocycles. The molecule has 0 atom stereocenters. The molecule has 5 heteroatoms. The highest BCUT2D eigenvalue weighted by Gasteiger charge is 2.35. The summed E-state index contributed by atoms with van der Waals surface area (Å²) >= 11 is 0. The van der Waals surface area contributed by atoms with E-state index in [-0.39, 0.29) is 11.4 Å². The number of piperidine rings is 1. The first-order valence-corrected chi connectivity index (χ1v) is 10.9.